The van der Waals surface area contributed by atoms with E-state index in [4.69, 9.17) is 12.6 Å². The first kappa shape index (κ1) is 7.35. The van der Waals surface area contributed by atoms with Crippen LogP contribution in [-0.2, 0) is 12.6 Å². The summed E-state index contributed by atoms with van der Waals surface area (Å²) in [5.41, 5.74) is 1.16. The molecule has 0 unspecified atom stereocenters. The van der Waals surface area contributed by atoms with Crippen molar-refractivity contribution in [2.75, 3.05) is 19.0 Å². The molecule has 0 atom stereocenters. The molecule has 10 heavy (non-hydrogen) atoms. The van der Waals surface area contributed by atoms with Gasteiger partial charge in [-0.25, -0.2) is 0 Å². The highest BCUT2D eigenvalue weighted by Gasteiger charge is 1.88. The van der Waals surface area contributed by atoms with E-state index < -0.39 is 0 Å². The lowest BCUT2D eigenvalue weighted by Crippen LogP contribution is -2.08. The Balaban J connectivity index is 2.96. The lowest BCUT2D eigenvalue weighted by molar-refractivity contribution is 1.12. The summed E-state index contributed by atoms with van der Waals surface area (Å²) < 4.78 is 0. The average molecular weight is 152 g/mol. The fourth-order valence-electron chi connectivity index (χ4n) is 0.762. The third-order valence-electron chi connectivity index (χ3n) is 1.33. The standard InChI is InChI=1S/C8H11NS/c1-9(2)7-4-3-5-8(10)6-7/h3-6,10H,1-2H3/p-1. The molecule has 0 bridgehead atoms. The number of rotatable bonds is 1. The molecule has 0 saturated carbocycles. The molecule has 0 radical (unpaired) electrons. The molecule has 0 aliphatic carbocycles. The van der Waals surface area contributed by atoms with Gasteiger partial charge in [0, 0.05) is 19.8 Å². The number of benzene rings is 1. The van der Waals surface area contributed by atoms with Crippen molar-refractivity contribution in [3.63, 3.8) is 0 Å². The monoisotopic (exact) mass is 152 g/mol. The Morgan fingerprint density at radius 3 is 2.40 bits per heavy atom. The van der Waals surface area contributed by atoms with Crippen LogP contribution in [-0.4, -0.2) is 14.1 Å². The van der Waals surface area contributed by atoms with Crippen molar-refractivity contribution in [2.45, 2.75) is 4.90 Å². The summed E-state index contributed by atoms with van der Waals surface area (Å²) in [6.07, 6.45) is 0. The highest BCUT2D eigenvalue weighted by molar-refractivity contribution is 7.58. The summed E-state index contributed by atoms with van der Waals surface area (Å²) >= 11 is 4.99. The molecule has 1 rings (SSSR count). The maximum absolute atomic E-state index is 4.99. The minimum absolute atomic E-state index is 0.895. The van der Waals surface area contributed by atoms with Gasteiger partial charge in [0.25, 0.3) is 0 Å². The Hall–Kier alpha value is -0.760. The van der Waals surface area contributed by atoms with E-state index >= 15 is 0 Å². The van der Waals surface area contributed by atoms with Gasteiger partial charge in [0.05, 0.1) is 0 Å². The van der Waals surface area contributed by atoms with E-state index in [-0.39, 0.29) is 0 Å². The van der Waals surface area contributed by atoms with Gasteiger partial charge >= 0.3 is 0 Å². The van der Waals surface area contributed by atoms with E-state index in [1.165, 1.54) is 0 Å². The predicted molar refractivity (Wildman–Crippen MR) is 46.4 cm³/mol. The minimum Gasteiger partial charge on any atom is -0.780 e. The smallest absolute Gasteiger partial charge is 0.0345 e. The molecule has 1 aromatic rings. The van der Waals surface area contributed by atoms with Crippen LogP contribution in [0.25, 0.3) is 0 Å². The van der Waals surface area contributed by atoms with E-state index in [1.54, 1.807) is 0 Å². The van der Waals surface area contributed by atoms with E-state index in [2.05, 4.69) is 0 Å². The van der Waals surface area contributed by atoms with Crippen molar-refractivity contribution in [1.82, 2.24) is 0 Å². The molecule has 54 valence electrons. The lowest BCUT2D eigenvalue weighted by Gasteiger charge is -2.15. The Morgan fingerprint density at radius 1 is 1.30 bits per heavy atom. The highest BCUT2D eigenvalue weighted by atomic mass is 32.1. The second-order valence-electron chi connectivity index (χ2n) is 2.39. The molecule has 0 heterocycles. The summed E-state index contributed by atoms with van der Waals surface area (Å²) in [5, 5.41) is 0. The van der Waals surface area contributed by atoms with Crippen LogP contribution >= 0.6 is 0 Å². The molecular weight excluding hydrogens is 142 g/mol. The van der Waals surface area contributed by atoms with Gasteiger partial charge in [-0.2, -0.15) is 4.90 Å². The largest absolute Gasteiger partial charge is 0.780 e. The molecule has 0 N–H and O–H groups in total. The molecular formula is C8H10NS-. The fourth-order valence-corrected chi connectivity index (χ4v) is 0.961. The zero-order valence-electron chi connectivity index (χ0n) is 6.16. The zero-order valence-corrected chi connectivity index (χ0v) is 6.98. The van der Waals surface area contributed by atoms with Gasteiger partial charge in [-0.15, -0.1) is 0 Å². The van der Waals surface area contributed by atoms with Crippen LogP contribution in [0.4, 0.5) is 5.69 Å². The Kier molecular flexibility index (Phi) is 2.12. The zero-order chi connectivity index (χ0) is 7.56. The molecule has 1 nitrogen and oxygen atoms in total. The first-order valence-electron chi connectivity index (χ1n) is 3.14. The summed E-state index contributed by atoms with van der Waals surface area (Å²) in [6.45, 7) is 0. The number of nitrogens with zero attached hydrogens (tertiary/aromatic N) is 1. The highest BCUT2D eigenvalue weighted by Crippen LogP contribution is 2.11. The van der Waals surface area contributed by atoms with Crippen LogP contribution in [0.15, 0.2) is 29.2 Å². The summed E-state index contributed by atoms with van der Waals surface area (Å²) in [6, 6.07) is 7.91. The Labute approximate surface area is 67.1 Å². The maximum Gasteiger partial charge on any atom is 0.0345 e. The van der Waals surface area contributed by atoms with Crippen molar-refractivity contribution in [3.8, 4) is 0 Å². The molecule has 0 aliphatic rings. The molecule has 0 amide bonds. The second-order valence-corrected chi connectivity index (χ2v) is 2.86. The Morgan fingerprint density at radius 2 is 2.00 bits per heavy atom. The van der Waals surface area contributed by atoms with Crippen molar-refractivity contribution in [1.29, 1.82) is 0 Å². The number of hydrogen-bond acceptors (Lipinski definition) is 2. The quantitative estimate of drug-likeness (QED) is 0.563. The van der Waals surface area contributed by atoms with Gasteiger partial charge < -0.3 is 17.5 Å². The van der Waals surface area contributed by atoms with Crippen LogP contribution in [0.1, 0.15) is 0 Å². The third-order valence-corrected chi connectivity index (χ3v) is 1.59. The van der Waals surface area contributed by atoms with E-state index in [0.717, 1.165) is 10.6 Å². The minimum atomic E-state index is 0.895. The van der Waals surface area contributed by atoms with Crippen molar-refractivity contribution >= 4 is 18.3 Å². The molecule has 2 heteroatoms. The SMILES string of the molecule is CN(C)c1cccc([S-])c1. The van der Waals surface area contributed by atoms with Gasteiger partial charge in [0.1, 0.15) is 0 Å². The lowest BCUT2D eigenvalue weighted by atomic mass is 10.3. The molecule has 0 fully saturated rings. The topological polar surface area (TPSA) is 3.24 Å². The van der Waals surface area contributed by atoms with Gasteiger partial charge in [-0.1, -0.05) is 18.2 Å². The van der Waals surface area contributed by atoms with Gasteiger partial charge in [0.15, 0.2) is 0 Å². The van der Waals surface area contributed by atoms with Crippen molar-refractivity contribution in [2.24, 2.45) is 0 Å². The first-order valence-corrected chi connectivity index (χ1v) is 3.55. The van der Waals surface area contributed by atoms with E-state index in [1.807, 2.05) is 43.3 Å². The van der Waals surface area contributed by atoms with Gasteiger partial charge in [-0.3, -0.25) is 0 Å². The predicted octanol–water partition coefficient (Wildman–Crippen LogP) is 1.66. The van der Waals surface area contributed by atoms with E-state index in [9.17, 15) is 0 Å². The molecule has 0 aromatic heterocycles. The number of anilines is 1. The maximum atomic E-state index is 4.99. The van der Waals surface area contributed by atoms with Crippen LogP contribution < -0.4 is 4.90 Å². The summed E-state index contributed by atoms with van der Waals surface area (Å²) in [5.74, 6) is 0. The summed E-state index contributed by atoms with van der Waals surface area (Å²) in [4.78, 5) is 2.93. The molecule has 0 saturated heterocycles. The molecule has 0 aliphatic heterocycles. The Bertz CT molecular complexity index is 220. The van der Waals surface area contributed by atoms with E-state index in [0.29, 0.717) is 0 Å². The number of hydrogen-bond donors (Lipinski definition) is 0. The normalized spacial score (nSPS) is 9.40. The summed E-state index contributed by atoms with van der Waals surface area (Å²) in [7, 11) is 4.01. The van der Waals surface area contributed by atoms with Crippen LogP contribution in [0.3, 0.4) is 0 Å². The average Bonchev–Trinajstić information content (AvgIpc) is 1.88. The fraction of sp³-hybridized carbons (Fsp3) is 0.250. The first-order chi connectivity index (χ1) is 4.70. The molecule has 0 spiro atoms. The van der Waals surface area contributed by atoms with Crippen molar-refractivity contribution in [3.05, 3.63) is 24.3 Å². The van der Waals surface area contributed by atoms with Crippen LogP contribution in [0, 0.1) is 0 Å². The van der Waals surface area contributed by atoms with Gasteiger partial charge in [0.2, 0.25) is 0 Å². The molecule has 1 aromatic carbocycles. The van der Waals surface area contributed by atoms with Crippen LogP contribution in [0.2, 0.25) is 0 Å². The third kappa shape index (κ3) is 1.61. The van der Waals surface area contributed by atoms with Gasteiger partial charge in [-0.05, 0) is 6.07 Å². The second kappa shape index (κ2) is 2.88. The van der Waals surface area contributed by atoms with Crippen molar-refractivity contribution < 1.29 is 0 Å². The van der Waals surface area contributed by atoms with Crippen LogP contribution in [0.5, 0.6) is 0 Å².